The lowest BCUT2D eigenvalue weighted by Crippen LogP contribution is -2.00. The molecule has 0 unspecified atom stereocenters. The van der Waals surface area contributed by atoms with Crippen LogP contribution >= 0.6 is 11.3 Å². The lowest BCUT2D eigenvalue weighted by molar-refractivity contribution is 0.668. The summed E-state index contributed by atoms with van der Waals surface area (Å²) in [5, 5.41) is 5.03. The second-order valence-electron chi connectivity index (χ2n) is 13.0. The normalized spacial score (nSPS) is 11.8. The lowest BCUT2D eigenvalue weighted by Gasteiger charge is -2.10. The Balaban J connectivity index is 1.11. The van der Waals surface area contributed by atoms with Gasteiger partial charge in [0.25, 0.3) is 0 Å². The molecule has 0 radical (unpaired) electrons. The van der Waals surface area contributed by atoms with E-state index in [1.54, 1.807) is 11.3 Å². The van der Waals surface area contributed by atoms with Gasteiger partial charge in [-0.3, -0.25) is 0 Å². The number of aromatic nitrogens is 4. The Hall–Kier alpha value is -6.96. The maximum Gasteiger partial charge on any atom is 0.167 e. The third kappa shape index (κ3) is 4.86. The number of hydrogen-bond donors (Lipinski definition) is 0. The number of rotatable bonds is 5. The number of furan rings is 2. The first-order chi connectivity index (χ1) is 26.2. The maximum atomic E-state index is 6.53. The van der Waals surface area contributed by atoms with Crippen LogP contribution in [-0.4, -0.2) is 19.9 Å². The fourth-order valence-corrected chi connectivity index (χ4v) is 8.31. The molecule has 0 bridgehead atoms. The number of thiazole rings is 1. The van der Waals surface area contributed by atoms with E-state index in [-0.39, 0.29) is 0 Å². The van der Waals surface area contributed by atoms with Gasteiger partial charge in [0.2, 0.25) is 0 Å². The van der Waals surface area contributed by atoms with Crippen molar-refractivity contribution in [1.29, 1.82) is 0 Å². The van der Waals surface area contributed by atoms with Gasteiger partial charge in [0.15, 0.2) is 17.5 Å². The van der Waals surface area contributed by atoms with Crippen molar-refractivity contribution in [1.82, 2.24) is 19.9 Å². The van der Waals surface area contributed by atoms with Gasteiger partial charge in [0.05, 0.1) is 15.8 Å². The van der Waals surface area contributed by atoms with Crippen LogP contribution in [-0.2, 0) is 0 Å². The van der Waals surface area contributed by atoms with E-state index in [2.05, 4.69) is 66.7 Å². The van der Waals surface area contributed by atoms with E-state index in [4.69, 9.17) is 28.8 Å². The molecule has 0 aliphatic carbocycles. The molecule has 0 fully saturated rings. The van der Waals surface area contributed by atoms with Crippen molar-refractivity contribution in [3.63, 3.8) is 0 Å². The van der Waals surface area contributed by atoms with Crippen LogP contribution in [0.2, 0.25) is 0 Å². The summed E-state index contributed by atoms with van der Waals surface area (Å²) >= 11 is 1.71. The molecule has 0 N–H and O–H groups in total. The van der Waals surface area contributed by atoms with Crippen molar-refractivity contribution in [2.45, 2.75) is 0 Å². The molecule has 0 atom stereocenters. The molecule has 53 heavy (non-hydrogen) atoms. The van der Waals surface area contributed by atoms with Gasteiger partial charge in [0, 0.05) is 38.2 Å². The van der Waals surface area contributed by atoms with Gasteiger partial charge in [-0.2, -0.15) is 0 Å². The van der Waals surface area contributed by atoms with Crippen LogP contribution in [0.15, 0.2) is 167 Å². The molecule has 248 valence electrons. The average molecular weight is 699 g/mol. The molecule has 7 heteroatoms. The van der Waals surface area contributed by atoms with Gasteiger partial charge < -0.3 is 8.83 Å². The van der Waals surface area contributed by atoms with Crippen molar-refractivity contribution in [2.75, 3.05) is 0 Å². The smallest absolute Gasteiger partial charge is 0.167 e. The van der Waals surface area contributed by atoms with Gasteiger partial charge in [-0.25, -0.2) is 19.9 Å². The van der Waals surface area contributed by atoms with Crippen LogP contribution < -0.4 is 0 Å². The second-order valence-corrected chi connectivity index (χ2v) is 14.0. The zero-order chi connectivity index (χ0) is 34.9. The summed E-state index contributed by atoms with van der Waals surface area (Å²) < 4.78 is 14.2. The number of nitrogens with zero attached hydrogens (tertiary/aromatic N) is 4. The van der Waals surface area contributed by atoms with E-state index >= 15 is 0 Å². The molecule has 7 aromatic carbocycles. The molecule has 4 aromatic heterocycles. The highest BCUT2D eigenvalue weighted by Crippen LogP contribution is 2.42. The second kappa shape index (κ2) is 11.8. The number of hydrogen-bond acceptors (Lipinski definition) is 7. The fraction of sp³-hybridized carbons (Fsp3) is 0. The quantitative estimate of drug-likeness (QED) is 0.178. The molecule has 0 aliphatic heterocycles. The van der Waals surface area contributed by atoms with Crippen molar-refractivity contribution in [3.05, 3.63) is 158 Å². The molecule has 0 saturated carbocycles. The van der Waals surface area contributed by atoms with Crippen LogP contribution in [0.4, 0.5) is 0 Å². The van der Waals surface area contributed by atoms with E-state index in [1.807, 2.05) is 91.0 Å². The van der Waals surface area contributed by atoms with Crippen LogP contribution in [0.1, 0.15) is 0 Å². The molecule has 0 saturated heterocycles. The van der Waals surface area contributed by atoms with E-state index in [0.29, 0.717) is 17.5 Å². The summed E-state index contributed by atoms with van der Waals surface area (Å²) in [5.74, 6) is 1.67. The monoisotopic (exact) mass is 698 g/mol. The minimum absolute atomic E-state index is 0.536. The summed E-state index contributed by atoms with van der Waals surface area (Å²) in [6, 6.07) is 53.4. The number of benzene rings is 7. The molecular formula is C46H26N4O2S. The predicted octanol–water partition coefficient (Wildman–Crippen LogP) is 12.6. The van der Waals surface area contributed by atoms with Crippen molar-refractivity contribution in [2.24, 2.45) is 0 Å². The zero-order valence-corrected chi connectivity index (χ0v) is 28.8. The first-order valence-corrected chi connectivity index (χ1v) is 18.2. The van der Waals surface area contributed by atoms with Crippen molar-refractivity contribution in [3.8, 4) is 55.9 Å². The Morgan fingerprint density at radius 3 is 1.81 bits per heavy atom. The van der Waals surface area contributed by atoms with Crippen molar-refractivity contribution < 1.29 is 8.83 Å². The van der Waals surface area contributed by atoms with E-state index in [0.717, 1.165) is 87.8 Å². The Morgan fingerprint density at radius 1 is 0.377 bits per heavy atom. The average Bonchev–Trinajstić information content (AvgIpc) is 3.94. The van der Waals surface area contributed by atoms with Gasteiger partial charge in [0.1, 0.15) is 27.3 Å². The van der Waals surface area contributed by atoms with E-state index < -0.39 is 0 Å². The van der Waals surface area contributed by atoms with Crippen LogP contribution in [0.3, 0.4) is 0 Å². The summed E-state index contributed by atoms with van der Waals surface area (Å²) in [5.41, 5.74) is 9.93. The highest BCUT2D eigenvalue weighted by molar-refractivity contribution is 7.21. The highest BCUT2D eigenvalue weighted by Gasteiger charge is 2.22. The predicted molar refractivity (Wildman–Crippen MR) is 215 cm³/mol. The third-order valence-corrected chi connectivity index (χ3v) is 10.9. The summed E-state index contributed by atoms with van der Waals surface area (Å²) in [6.45, 7) is 0. The SMILES string of the molecule is c1ccc(-c2nc(-c3cccc4c3oc3ccccc34)nc(-c3cccc4oc5cccc(-c6ccc(-c7nc8ccccc8s7)cc6)c5c34)n2)cc1. The first kappa shape index (κ1) is 29.7. The van der Waals surface area contributed by atoms with E-state index in [9.17, 15) is 0 Å². The maximum absolute atomic E-state index is 6.53. The Morgan fingerprint density at radius 2 is 0.981 bits per heavy atom. The van der Waals surface area contributed by atoms with E-state index in [1.165, 1.54) is 4.70 Å². The highest BCUT2D eigenvalue weighted by atomic mass is 32.1. The molecule has 0 amide bonds. The third-order valence-electron chi connectivity index (χ3n) is 9.81. The minimum Gasteiger partial charge on any atom is -0.456 e. The standard InChI is InChI=1S/C46H26N4O2S/c1-2-11-28(12-3-1)43-48-44(50-45(49-43)34-17-8-15-32-31-13-4-6-19-36(31)52-42(32)34)33-16-10-21-38-41(33)40-30(14-9-20-37(40)51-38)27-23-25-29(26-24-27)46-47-35-18-5-7-22-39(35)53-46/h1-26H. The molecule has 11 rings (SSSR count). The largest absolute Gasteiger partial charge is 0.456 e. The molecule has 0 aliphatic rings. The zero-order valence-electron chi connectivity index (χ0n) is 28.0. The number of para-hydroxylation sites is 3. The molecule has 11 aromatic rings. The molecular weight excluding hydrogens is 673 g/mol. The topological polar surface area (TPSA) is 77.8 Å². The van der Waals surface area contributed by atoms with Crippen molar-refractivity contribution >= 4 is 65.4 Å². The van der Waals surface area contributed by atoms with Crippen LogP contribution in [0.5, 0.6) is 0 Å². The summed E-state index contributed by atoms with van der Waals surface area (Å²) in [6.07, 6.45) is 0. The van der Waals surface area contributed by atoms with Gasteiger partial charge in [-0.15, -0.1) is 11.3 Å². The first-order valence-electron chi connectivity index (χ1n) is 17.4. The Kier molecular flexibility index (Phi) is 6.62. The molecule has 6 nitrogen and oxygen atoms in total. The van der Waals surface area contributed by atoms with Gasteiger partial charge >= 0.3 is 0 Å². The Bertz CT molecular complexity index is 3150. The van der Waals surface area contributed by atoms with Crippen LogP contribution in [0, 0.1) is 0 Å². The Labute approximate surface area is 306 Å². The minimum atomic E-state index is 0.536. The summed E-state index contributed by atoms with van der Waals surface area (Å²) in [7, 11) is 0. The number of fused-ring (bicyclic) bond motifs is 7. The van der Waals surface area contributed by atoms with Gasteiger partial charge in [-0.1, -0.05) is 121 Å². The molecule has 0 spiro atoms. The lowest BCUT2D eigenvalue weighted by atomic mass is 9.96. The van der Waals surface area contributed by atoms with Crippen LogP contribution in [0.25, 0.3) is 110 Å². The van der Waals surface area contributed by atoms with Gasteiger partial charge in [-0.05, 0) is 47.5 Å². The summed E-state index contributed by atoms with van der Waals surface area (Å²) in [4.78, 5) is 20.2. The molecule has 4 heterocycles. The fourth-order valence-electron chi connectivity index (χ4n) is 7.34.